The molecule has 0 bridgehead atoms. The molecule has 12 heavy (non-hydrogen) atoms. The standard InChI is InChI=1S/C11H16O/c1-9-7-5-4-6-8-11(9)10(2)12-3/h4,6H,2,5,7-8H2,1,3H3. The third-order valence-corrected chi connectivity index (χ3v) is 2.27. The Hall–Kier alpha value is -0.980. The van der Waals surface area contributed by atoms with Gasteiger partial charge < -0.3 is 4.74 Å². The van der Waals surface area contributed by atoms with Gasteiger partial charge in [0.1, 0.15) is 5.76 Å². The molecule has 0 fully saturated rings. The highest BCUT2D eigenvalue weighted by Crippen LogP contribution is 2.24. The molecule has 1 rings (SSSR count). The Morgan fingerprint density at radius 3 is 2.92 bits per heavy atom. The first-order valence-corrected chi connectivity index (χ1v) is 4.32. The van der Waals surface area contributed by atoms with Crippen molar-refractivity contribution in [2.45, 2.75) is 26.2 Å². The van der Waals surface area contributed by atoms with Crippen LogP contribution < -0.4 is 0 Å². The van der Waals surface area contributed by atoms with Gasteiger partial charge in [-0.3, -0.25) is 0 Å². The van der Waals surface area contributed by atoms with E-state index in [0.29, 0.717) is 0 Å². The quantitative estimate of drug-likeness (QED) is 0.450. The van der Waals surface area contributed by atoms with Gasteiger partial charge in [0.05, 0.1) is 7.11 Å². The van der Waals surface area contributed by atoms with Crippen molar-refractivity contribution in [3.05, 3.63) is 35.6 Å². The molecule has 0 N–H and O–H groups in total. The van der Waals surface area contributed by atoms with Gasteiger partial charge in [-0.1, -0.05) is 24.3 Å². The van der Waals surface area contributed by atoms with E-state index in [1.165, 1.54) is 11.1 Å². The Morgan fingerprint density at radius 1 is 1.50 bits per heavy atom. The first-order chi connectivity index (χ1) is 5.75. The summed E-state index contributed by atoms with van der Waals surface area (Å²) in [6, 6.07) is 0. The molecule has 1 aliphatic carbocycles. The lowest BCUT2D eigenvalue weighted by molar-refractivity contribution is 0.300. The minimum absolute atomic E-state index is 0.819. The minimum atomic E-state index is 0.819. The molecule has 1 aliphatic rings. The topological polar surface area (TPSA) is 9.23 Å². The number of methoxy groups -OCH3 is 1. The summed E-state index contributed by atoms with van der Waals surface area (Å²) in [4.78, 5) is 0. The van der Waals surface area contributed by atoms with Crippen LogP contribution in [0, 0.1) is 0 Å². The third kappa shape index (κ3) is 2.00. The smallest absolute Gasteiger partial charge is 0.115 e. The summed E-state index contributed by atoms with van der Waals surface area (Å²) in [7, 11) is 1.68. The summed E-state index contributed by atoms with van der Waals surface area (Å²) in [5.41, 5.74) is 2.68. The maximum Gasteiger partial charge on any atom is 0.115 e. The van der Waals surface area contributed by atoms with Crippen LogP contribution in [0.15, 0.2) is 35.6 Å². The van der Waals surface area contributed by atoms with Gasteiger partial charge in [-0.25, -0.2) is 0 Å². The second kappa shape index (κ2) is 4.15. The van der Waals surface area contributed by atoms with Crippen molar-refractivity contribution in [1.29, 1.82) is 0 Å². The van der Waals surface area contributed by atoms with Gasteiger partial charge in [0.2, 0.25) is 0 Å². The first kappa shape index (κ1) is 9.11. The Labute approximate surface area is 74.4 Å². The van der Waals surface area contributed by atoms with Crippen molar-refractivity contribution < 1.29 is 4.74 Å². The van der Waals surface area contributed by atoms with Crippen LogP contribution in [0.5, 0.6) is 0 Å². The number of allylic oxidation sites excluding steroid dienone is 4. The average molecular weight is 164 g/mol. The molecule has 0 aliphatic heterocycles. The van der Waals surface area contributed by atoms with Crippen molar-refractivity contribution >= 4 is 0 Å². The van der Waals surface area contributed by atoms with Crippen LogP contribution in [-0.4, -0.2) is 7.11 Å². The van der Waals surface area contributed by atoms with Crippen LogP contribution >= 0.6 is 0 Å². The molecule has 0 saturated heterocycles. The molecular formula is C11H16O. The van der Waals surface area contributed by atoms with Gasteiger partial charge in [-0.15, -0.1) is 0 Å². The van der Waals surface area contributed by atoms with Crippen molar-refractivity contribution in [2.24, 2.45) is 0 Å². The maximum absolute atomic E-state index is 5.13. The predicted molar refractivity (Wildman–Crippen MR) is 51.8 cm³/mol. The second-order valence-corrected chi connectivity index (χ2v) is 3.10. The molecule has 0 heterocycles. The fourth-order valence-electron chi connectivity index (χ4n) is 1.42. The van der Waals surface area contributed by atoms with E-state index in [0.717, 1.165) is 25.0 Å². The van der Waals surface area contributed by atoms with Crippen molar-refractivity contribution in [3.8, 4) is 0 Å². The molecule has 66 valence electrons. The lowest BCUT2D eigenvalue weighted by Crippen LogP contribution is -1.93. The van der Waals surface area contributed by atoms with Crippen molar-refractivity contribution in [2.75, 3.05) is 7.11 Å². The summed E-state index contributed by atoms with van der Waals surface area (Å²) in [5.74, 6) is 0.819. The Morgan fingerprint density at radius 2 is 2.25 bits per heavy atom. The molecule has 1 heteroatoms. The van der Waals surface area contributed by atoms with Crippen LogP contribution in [0.1, 0.15) is 26.2 Å². The summed E-state index contributed by atoms with van der Waals surface area (Å²) in [6.45, 7) is 6.03. The highest BCUT2D eigenvalue weighted by molar-refractivity contribution is 5.32. The second-order valence-electron chi connectivity index (χ2n) is 3.10. The van der Waals surface area contributed by atoms with Gasteiger partial charge >= 0.3 is 0 Å². The number of hydrogen-bond donors (Lipinski definition) is 0. The molecule has 0 atom stereocenters. The number of rotatable bonds is 2. The summed E-state index contributed by atoms with van der Waals surface area (Å²) < 4.78 is 5.13. The molecule has 1 nitrogen and oxygen atoms in total. The normalized spacial score (nSPS) is 17.5. The van der Waals surface area contributed by atoms with Crippen LogP contribution in [0.3, 0.4) is 0 Å². The van der Waals surface area contributed by atoms with Crippen LogP contribution in [-0.2, 0) is 4.74 Å². The van der Waals surface area contributed by atoms with E-state index in [2.05, 4.69) is 25.7 Å². The van der Waals surface area contributed by atoms with Gasteiger partial charge in [0.15, 0.2) is 0 Å². The highest BCUT2D eigenvalue weighted by Gasteiger charge is 2.07. The molecule has 0 saturated carbocycles. The molecule has 0 aromatic heterocycles. The largest absolute Gasteiger partial charge is 0.497 e. The maximum atomic E-state index is 5.13. The molecule has 0 aromatic rings. The summed E-state index contributed by atoms with van der Waals surface area (Å²) in [5, 5.41) is 0. The Bertz CT molecular complexity index is 233. The van der Waals surface area contributed by atoms with E-state index in [4.69, 9.17) is 4.74 Å². The first-order valence-electron chi connectivity index (χ1n) is 4.32. The van der Waals surface area contributed by atoms with E-state index in [-0.39, 0.29) is 0 Å². The van der Waals surface area contributed by atoms with E-state index >= 15 is 0 Å². The monoisotopic (exact) mass is 164 g/mol. The van der Waals surface area contributed by atoms with E-state index in [9.17, 15) is 0 Å². The fourth-order valence-corrected chi connectivity index (χ4v) is 1.42. The minimum Gasteiger partial charge on any atom is -0.497 e. The van der Waals surface area contributed by atoms with E-state index in [1.54, 1.807) is 7.11 Å². The fraction of sp³-hybridized carbons (Fsp3) is 0.455. The van der Waals surface area contributed by atoms with Crippen molar-refractivity contribution in [1.82, 2.24) is 0 Å². The van der Waals surface area contributed by atoms with Crippen LogP contribution in [0.25, 0.3) is 0 Å². The SMILES string of the molecule is C=C(OC)C1=C(C)CCC=CC1. The zero-order valence-corrected chi connectivity index (χ0v) is 7.89. The van der Waals surface area contributed by atoms with Crippen molar-refractivity contribution in [3.63, 3.8) is 0 Å². The van der Waals surface area contributed by atoms with Gasteiger partial charge in [-0.2, -0.15) is 0 Å². The molecule has 0 radical (unpaired) electrons. The molecule has 0 unspecified atom stereocenters. The van der Waals surface area contributed by atoms with Gasteiger partial charge in [0, 0.05) is 0 Å². The molecule has 0 spiro atoms. The summed E-state index contributed by atoms with van der Waals surface area (Å²) >= 11 is 0. The zero-order valence-electron chi connectivity index (χ0n) is 7.89. The average Bonchev–Trinajstić information content (AvgIpc) is 2.28. The van der Waals surface area contributed by atoms with Gasteiger partial charge in [0.25, 0.3) is 0 Å². The van der Waals surface area contributed by atoms with Crippen LogP contribution in [0.4, 0.5) is 0 Å². The summed E-state index contributed by atoms with van der Waals surface area (Å²) in [6.07, 6.45) is 7.66. The highest BCUT2D eigenvalue weighted by atomic mass is 16.5. The third-order valence-electron chi connectivity index (χ3n) is 2.27. The number of ether oxygens (including phenoxy) is 1. The molecule has 0 amide bonds. The zero-order chi connectivity index (χ0) is 8.97. The Balaban J connectivity index is 2.82. The van der Waals surface area contributed by atoms with Gasteiger partial charge in [-0.05, 0) is 31.8 Å². The lowest BCUT2D eigenvalue weighted by Gasteiger charge is -2.10. The molecular weight excluding hydrogens is 148 g/mol. The Kier molecular flexibility index (Phi) is 3.15. The number of hydrogen-bond acceptors (Lipinski definition) is 1. The predicted octanol–water partition coefficient (Wildman–Crippen LogP) is 3.20. The van der Waals surface area contributed by atoms with E-state index < -0.39 is 0 Å². The van der Waals surface area contributed by atoms with E-state index in [1.807, 2.05) is 0 Å². The van der Waals surface area contributed by atoms with Crippen LogP contribution in [0.2, 0.25) is 0 Å². The molecule has 0 aromatic carbocycles. The lowest BCUT2D eigenvalue weighted by atomic mass is 10.0.